The van der Waals surface area contributed by atoms with Crippen molar-refractivity contribution in [3.63, 3.8) is 0 Å². The maximum atomic E-state index is 11.2. The summed E-state index contributed by atoms with van der Waals surface area (Å²) in [5.41, 5.74) is 2.17. The molecule has 2 heteroatoms. The van der Waals surface area contributed by atoms with Crippen LogP contribution in [0.4, 0.5) is 0 Å². The van der Waals surface area contributed by atoms with Crippen molar-refractivity contribution in [3.8, 4) is 0 Å². The highest BCUT2D eigenvalue weighted by Crippen LogP contribution is 2.17. The molecule has 0 fully saturated rings. The molecule has 0 bridgehead atoms. The monoisotopic (exact) mass is 208 g/mol. The largest absolute Gasteiger partial charge is 0.469 e. The van der Waals surface area contributed by atoms with Crippen molar-refractivity contribution in [2.75, 3.05) is 7.11 Å². The fourth-order valence-corrected chi connectivity index (χ4v) is 1.25. The van der Waals surface area contributed by atoms with Gasteiger partial charge in [0.15, 0.2) is 0 Å². The van der Waals surface area contributed by atoms with Crippen molar-refractivity contribution in [1.29, 1.82) is 0 Å². The maximum absolute atomic E-state index is 11.2. The van der Waals surface area contributed by atoms with Gasteiger partial charge in [0, 0.05) is 0 Å². The van der Waals surface area contributed by atoms with Crippen molar-refractivity contribution in [3.05, 3.63) is 35.4 Å². The Kier molecular flexibility index (Phi) is 6.43. The second-order valence-electron chi connectivity index (χ2n) is 3.16. The number of hydrogen-bond donors (Lipinski definition) is 0. The Labute approximate surface area is 92.3 Å². The zero-order valence-electron chi connectivity index (χ0n) is 10.2. The summed E-state index contributed by atoms with van der Waals surface area (Å²) >= 11 is 0. The van der Waals surface area contributed by atoms with Crippen LogP contribution < -0.4 is 0 Å². The first-order valence-electron chi connectivity index (χ1n) is 5.29. The molecule has 84 valence electrons. The first kappa shape index (κ1) is 13.7. The van der Waals surface area contributed by atoms with Crippen LogP contribution in [0.1, 0.15) is 37.8 Å². The molecule has 1 unspecified atom stereocenters. The van der Waals surface area contributed by atoms with Crippen molar-refractivity contribution in [2.45, 2.75) is 33.6 Å². The summed E-state index contributed by atoms with van der Waals surface area (Å²) in [5.74, 6) is -0.365. The van der Waals surface area contributed by atoms with E-state index >= 15 is 0 Å². The van der Waals surface area contributed by atoms with Crippen LogP contribution in [0.3, 0.4) is 0 Å². The van der Waals surface area contributed by atoms with Crippen molar-refractivity contribution in [1.82, 2.24) is 0 Å². The Balaban J connectivity index is 0.000000921. The minimum Gasteiger partial charge on any atom is -0.469 e. The van der Waals surface area contributed by atoms with E-state index in [1.54, 1.807) is 0 Å². The van der Waals surface area contributed by atoms with Crippen LogP contribution >= 0.6 is 0 Å². The number of carbonyl (C=O) groups excluding carboxylic acids is 1. The number of carbonyl (C=O) groups is 1. The molecule has 0 heterocycles. The molecule has 0 aliphatic heterocycles. The zero-order valence-corrected chi connectivity index (χ0v) is 10.2. The molecule has 0 aliphatic carbocycles. The first-order chi connectivity index (χ1) is 7.15. The lowest BCUT2D eigenvalue weighted by Gasteiger charge is -2.09. The highest BCUT2D eigenvalue weighted by Gasteiger charge is 2.14. The average molecular weight is 208 g/mol. The van der Waals surface area contributed by atoms with E-state index in [9.17, 15) is 4.79 Å². The first-order valence-corrected chi connectivity index (χ1v) is 5.29. The molecular formula is C13H20O2. The van der Waals surface area contributed by atoms with Crippen LogP contribution in [0.15, 0.2) is 24.3 Å². The van der Waals surface area contributed by atoms with Crippen molar-refractivity contribution in [2.24, 2.45) is 0 Å². The molecule has 2 nitrogen and oxygen atoms in total. The highest BCUT2D eigenvalue weighted by molar-refractivity contribution is 5.77. The molecule has 1 atom stereocenters. The summed E-state index contributed by atoms with van der Waals surface area (Å²) in [7, 11) is 1.41. The third-order valence-electron chi connectivity index (χ3n) is 2.10. The Morgan fingerprint density at radius 2 is 1.93 bits per heavy atom. The van der Waals surface area contributed by atoms with E-state index in [0.717, 1.165) is 11.1 Å². The van der Waals surface area contributed by atoms with E-state index < -0.39 is 0 Å². The summed E-state index contributed by atoms with van der Waals surface area (Å²) in [6.07, 6.45) is 0. The van der Waals surface area contributed by atoms with Gasteiger partial charge in [-0.25, -0.2) is 0 Å². The number of esters is 1. The van der Waals surface area contributed by atoms with E-state index in [4.69, 9.17) is 0 Å². The molecule has 1 rings (SSSR count). The van der Waals surface area contributed by atoms with Crippen LogP contribution in [0, 0.1) is 6.92 Å². The number of aryl methyl sites for hydroxylation is 1. The highest BCUT2D eigenvalue weighted by atomic mass is 16.5. The Morgan fingerprint density at radius 3 is 2.40 bits per heavy atom. The number of hydrogen-bond acceptors (Lipinski definition) is 2. The van der Waals surface area contributed by atoms with E-state index in [1.807, 2.05) is 52.0 Å². The Morgan fingerprint density at radius 1 is 1.33 bits per heavy atom. The van der Waals surface area contributed by atoms with E-state index in [2.05, 4.69) is 4.74 Å². The smallest absolute Gasteiger partial charge is 0.312 e. The van der Waals surface area contributed by atoms with Gasteiger partial charge >= 0.3 is 5.97 Å². The molecule has 15 heavy (non-hydrogen) atoms. The lowest BCUT2D eigenvalue weighted by Crippen LogP contribution is -2.10. The molecule has 0 N–H and O–H groups in total. The van der Waals surface area contributed by atoms with Crippen LogP contribution in [-0.2, 0) is 9.53 Å². The standard InChI is InChI=1S/C11H14O2.C2H6/c1-8-5-4-6-10(7-8)9(2)11(12)13-3;1-2/h4-7,9H,1-3H3;1-2H3. The molecule has 0 saturated carbocycles. The predicted molar refractivity (Wildman–Crippen MR) is 63.0 cm³/mol. The molecule has 0 aliphatic rings. The lowest BCUT2D eigenvalue weighted by molar-refractivity contribution is -0.141. The lowest BCUT2D eigenvalue weighted by atomic mass is 10.00. The molecule has 0 saturated heterocycles. The van der Waals surface area contributed by atoms with Gasteiger partial charge in [-0.05, 0) is 19.4 Å². The Hall–Kier alpha value is -1.31. The quantitative estimate of drug-likeness (QED) is 0.697. The van der Waals surface area contributed by atoms with Gasteiger partial charge in [-0.3, -0.25) is 4.79 Å². The van der Waals surface area contributed by atoms with Gasteiger partial charge in [0.05, 0.1) is 13.0 Å². The van der Waals surface area contributed by atoms with E-state index in [-0.39, 0.29) is 11.9 Å². The fourth-order valence-electron chi connectivity index (χ4n) is 1.25. The summed E-state index contributed by atoms with van der Waals surface area (Å²) in [5, 5.41) is 0. The number of rotatable bonds is 2. The predicted octanol–water partition coefficient (Wildman–Crippen LogP) is 3.30. The summed E-state index contributed by atoms with van der Waals surface area (Å²) in [6, 6.07) is 7.90. The second-order valence-corrected chi connectivity index (χ2v) is 3.16. The fraction of sp³-hybridized carbons (Fsp3) is 0.462. The third kappa shape index (κ3) is 4.15. The van der Waals surface area contributed by atoms with Crippen molar-refractivity contribution < 1.29 is 9.53 Å². The third-order valence-corrected chi connectivity index (χ3v) is 2.10. The number of benzene rings is 1. The van der Waals surface area contributed by atoms with Crippen LogP contribution in [0.2, 0.25) is 0 Å². The summed E-state index contributed by atoms with van der Waals surface area (Å²) < 4.78 is 4.67. The molecule has 0 amide bonds. The van der Waals surface area contributed by atoms with Crippen molar-refractivity contribution >= 4 is 5.97 Å². The Bertz CT molecular complexity index is 305. The minimum absolute atomic E-state index is 0.176. The topological polar surface area (TPSA) is 26.3 Å². The summed E-state index contributed by atoms with van der Waals surface area (Å²) in [4.78, 5) is 11.2. The van der Waals surface area contributed by atoms with Gasteiger partial charge in [-0.15, -0.1) is 0 Å². The van der Waals surface area contributed by atoms with E-state index in [0.29, 0.717) is 0 Å². The van der Waals surface area contributed by atoms with E-state index in [1.165, 1.54) is 7.11 Å². The maximum Gasteiger partial charge on any atom is 0.312 e. The van der Waals surface area contributed by atoms with Gasteiger partial charge in [-0.2, -0.15) is 0 Å². The molecule has 0 spiro atoms. The number of methoxy groups -OCH3 is 1. The molecule has 0 radical (unpaired) electrons. The molecule has 1 aromatic rings. The average Bonchev–Trinajstić information content (AvgIpc) is 2.29. The molecule has 1 aromatic carbocycles. The van der Waals surface area contributed by atoms with Gasteiger partial charge in [0.25, 0.3) is 0 Å². The van der Waals surface area contributed by atoms with Gasteiger partial charge in [-0.1, -0.05) is 43.7 Å². The normalized spacial score (nSPS) is 11.0. The minimum atomic E-state index is -0.189. The number of ether oxygens (including phenoxy) is 1. The second kappa shape index (κ2) is 7.04. The molecular weight excluding hydrogens is 188 g/mol. The van der Waals surface area contributed by atoms with Crippen LogP contribution in [0.25, 0.3) is 0 Å². The summed E-state index contributed by atoms with van der Waals surface area (Å²) in [6.45, 7) is 7.86. The van der Waals surface area contributed by atoms with Gasteiger partial charge in [0.1, 0.15) is 0 Å². The molecule has 0 aromatic heterocycles. The van der Waals surface area contributed by atoms with Gasteiger partial charge in [0.2, 0.25) is 0 Å². The van der Waals surface area contributed by atoms with Crippen LogP contribution in [-0.4, -0.2) is 13.1 Å². The van der Waals surface area contributed by atoms with Gasteiger partial charge < -0.3 is 4.74 Å². The zero-order chi connectivity index (χ0) is 11.8. The van der Waals surface area contributed by atoms with Crippen LogP contribution in [0.5, 0.6) is 0 Å². The SMILES string of the molecule is CC.COC(=O)C(C)c1cccc(C)c1.